The number of nitrogen functional groups attached to an aromatic ring is 1. The minimum atomic E-state index is -1.06. The van der Waals surface area contributed by atoms with Gasteiger partial charge in [-0.3, -0.25) is 14.4 Å². The molecule has 2 aliphatic heterocycles. The van der Waals surface area contributed by atoms with Crippen molar-refractivity contribution in [3.63, 3.8) is 0 Å². The Kier molecular flexibility index (Phi) is 6.83. The van der Waals surface area contributed by atoms with Crippen molar-refractivity contribution in [3.8, 4) is 0 Å². The van der Waals surface area contributed by atoms with Gasteiger partial charge in [-0.15, -0.1) is 11.8 Å². The average molecular weight is 501 g/mol. The van der Waals surface area contributed by atoms with Crippen LogP contribution in [0.2, 0.25) is 0 Å². The molecule has 0 radical (unpaired) electrons. The fourth-order valence-electron chi connectivity index (χ4n) is 3.08. The van der Waals surface area contributed by atoms with Crippen LogP contribution in [0.15, 0.2) is 5.16 Å². The topological polar surface area (TPSA) is 186 Å². The van der Waals surface area contributed by atoms with Crippen molar-refractivity contribution in [2.24, 2.45) is 10.6 Å². The monoisotopic (exact) mass is 500 g/mol. The van der Waals surface area contributed by atoms with E-state index >= 15 is 0 Å². The number of rotatable bonds is 7. The van der Waals surface area contributed by atoms with Gasteiger partial charge in [-0.1, -0.05) is 5.16 Å². The number of oxime groups is 1. The number of ether oxygens (including phenoxy) is 1. The van der Waals surface area contributed by atoms with E-state index in [1.165, 1.54) is 16.7 Å². The molecule has 180 valence electrons. The molecule has 0 bridgehead atoms. The standard InChI is InChI=1S/C18H24N6O7S2/c1-17(2,3)31-8(25)5-30-22-9(11-21-16(19)33-23-11)12(26)20-10-13(27)24-6-18(4,15(28)29)7-32-14(10)24/h10,14H,5-7H2,1-4H3,(H,20,26)(H,28,29)(H2,19,21,23)/t10?,14-,18?/m1/s1. The van der Waals surface area contributed by atoms with Crippen LogP contribution in [-0.4, -0.2) is 84.7 Å². The fraction of sp³-hybridized carbons (Fsp3) is 0.611. The molecule has 3 rings (SSSR count). The highest BCUT2D eigenvalue weighted by Gasteiger charge is 2.56. The molecule has 3 atom stereocenters. The van der Waals surface area contributed by atoms with Crippen molar-refractivity contribution in [2.45, 2.75) is 44.7 Å². The third-order valence-electron chi connectivity index (χ3n) is 4.66. The molecule has 1 aromatic rings. The highest BCUT2D eigenvalue weighted by Crippen LogP contribution is 2.41. The number of aromatic nitrogens is 2. The zero-order valence-electron chi connectivity index (χ0n) is 18.4. The summed E-state index contributed by atoms with van der Waals surface area (Å²) in [5.41, 5.74) is 3.44. The highest BCUT2D eigenvalue weighted by molar-refractivity contribution is 8.00. The number of carbonyl (C=O) groups excluding carboxylic acids is 3. The van der Waals surface area contributed by atoms with Crippen LogP contribution in [0.5, 0.6) is 0 Å². The first-order chi connectivity index (χ1) is 15.3. The van der Waals surface area contributed by atoms with E-state index in [4.69, 9.17) is 15.3 Å². The Balaban J connectivity index is 1.68. The van der Waals surface area contributed by atoms with Crippen LogP contribution in [0, 0.1) is 5.41 Å². The number of carbonyl (C=O) groups is 4. The molecule has 0 aliphatic carbocycles. The lowest BCUT2D eigenvalue weighted by Gasteiger charge is -2.53. The highest BCUT2D eigenvalue weighted by atomic mass is 32.2. The van der Waals surface area contributed by atoms with E-state index in [1.54, 1.807) is 27.7 Å². The Labute approximate surface area is 197 Å². The van der Waals surface area contributed by atoms with Gasteiger partial charge >= 0.3 is 11.9 Å². The molecular weight excluding hydrogens is 476 g/mol. The fourth-order valence-corrected chi connectivity index (χ4v) is 5.00. The number of aliphatic carboxylic acids is 1. The number of anilines is 1. The number of hydrogen-bond donors (Lipinski definition) is 3. The minimum absolute atomic E-state index is 0.0509. The van der Waals surface area contributed by atoms with Crippen molar-refractivity contribution < 1.29 is 33.9 Å². The van der Waals surface area contributed by atoms with Gasteiger partial charge in [0.25, 0.3) is 5.91 Å². The van der Waals surface area contributed by atoms with Crippen molar-refractivity contribution in [1.29, 1.82) is 0 Å². The number of carboxylic acids is 1. The number of nitrogens with zero attached hydrogens (tertiary/aromatic N) is 4. The van der Waals surface area contributed by atoms with Crippen LogP contribution < -0.4 is 11.1 Å². The summed E-state index contributed by atoms with van der Waals surface area (Å²) in [5, 5.41) is 15.3. The molecule has 1 aromatic heterocycles. The first-order valence-corrected chi connectivity index (χ1v) is 11.6. The molecule has 15 heteroatoms. The first-order valence-electron chi connectivity index (χ1n) is 9.78. The van der Waals surface area contributed by atoms with Gasteiger partial charge < -0.3 is 30.6 Å². The van der Waals surface area contributed by atoms with Gasteiger partial charge in [0.2, 0.25) is 24.1 Å². The molecule has 2 amide bonds. The lowest BCUT2D eigenvalue weighted by Crippen LogP contribution is -2.73. The minimum Gasteiger partial charge on any atom is -0.481 e. The molecular formula is C18H24N6O7S2. The number of hydrogen-bond acceptors (Lipinski definition) is 12. The van der Waals surface area contributed by atoms with E-state index in [0.717, 1.165) is 11.5 Å². The Bertz CT molecular complexity index is 1010. The van der Waals surface area contributed by atoms with Crippen LogP contribution in [0.4, 0.5) is 5.13 Å². The molecule has 0 saturated carbocycles. The Morgan fingerprint density at radius 1 is 1.39 bits per heavy atom. The number of nitrogens with one attached hydrogen (secondary N) is 1. The van der Waals surface area contributed by atoms with Crippen LogP contribution in [0.25, 0.3) is 0 Å². The summed E-state index contributed by atoms with van der Waals surface area (Å²) in [7, 11) is 0. The van der Waals surface area contributed by atoms with E-state index in [2.05, 4.69) is 19.8 Å². The predicted molar refractivity (Wildman–Crippen MR) is 118 cm³/mol. The number of nitrogens with two attached hydrogens (primary N) is 1. The number of esters is 1. The van der Waals surface area contributed by atoms with Gasteiger partial charge in [-0.05, 0) is 27.7 Å². The maximum absolute atomic E-state index is 12.9. The molecule has 2 saturated heterocycles. The second-order valence-corrected chi connectivity index (χ2v) is 10.6. The molecule has 2 aliphatic rings. The van der Waals surface area contributed by atoms with Gasteiger partial charge in [0.1, 0.15) is 17.0 Å². The second kappa shape index (κ2) is 9.13. The normalized spacial score (nSPS) is 25.0. The van der Waals surface area contributed by atoms with Gasteiger partial charge in [0.15, 0.2) is 5.13 Å². The zero-order valence-corrected chi connectivity index (χ0v) is 20.0. The van der Waals surface area contributed by atoms with Gasteiger partial charge in [0.05, 0.1) is 5.41 Å². The van der Waals surface area contributed by atoms with Gasteiger partial charge in [-0.2, -0.15) is 9.36 Å². The Hall–Kier alpha value is -2.94. The number of fused-ring (bicyclic) bond motifs is 1. The van der Waals surface area contributed by atoms with Crippen LogP contribution in [-0.2, 0) is 28.8 Å². The van der Waals surface area contributed by atoms with Crippen molar-refractivity contribution in [1.82, 2.24) is 19.6 Å². The summed E-state index contributed by atoms with van der Waals surface area (Å²) in [4.78, 5) is 59.1. The summed E-state index contributed by atoms with van der Waals surface area (Å²) >= 11 is 2.10. The van der Waals surface area contributed by atoms with Crippen LogP contribution >= 0.6 is 23.3 Å². The summed E-state index contributed by atoms with van der Waals surface area (Å²) < 4.78 is 9.05. The average Bonchev–Trinajstić information content (AvgIpc) is 3.13. The number of carboxylic acid groups (broad SMARTS) is 1. The lowest BCUT2D eigenvalue weighted by molar-refractivity contribution is -0.160. The summed E-state index contributed by atoms with van der Waals surface area (Å²) in [6.45, 7) is 6.14. The first kappa shape index (κ1) is 24.7. The van der Waals surface area contributed by atoms with E-state index in [0.29, 0.717) is 0 Å². The van der Waals surface area contributed by atoms with Gasteiger partial charge in [0, 0.05) is 23.8 Å². The van der Waals surface area contributed by atoms with Crippen molar-refractivity contribution in [3.05, 3.63) is 5.82 Å². The molecule has 13 nitrogen and oxygen atoms in total. The number of amides is 2. The van der Waals surface area contributed by atoms with Crippen LogP contribution in [0.3, 0.4) is 0 Å². The Morgan fingerprint density at radius 3 is 2.67 bits per heavy atom. The quantitative estimate of drug-likeness (QED) is 0.193. The zero-order chi connectivity index (χ0) is 24.6. The third kappa shape index (κ3) is 5.52. The molecule has 0 aromatic carbocycles. The maximum Gasteiger partial charge on any atom is 0.347 e. The molecule has 4 N–H and O–H groups in total. The van der Waals surface area contributed by atoms with Crippen LogP contribution in [0.1, 0.15) is 33.5 Å². The maximum atomic E-state index is 12.9. The van der Waals surface area contributed by atoms with Crippen molar-refractivity contribution in [2.75, 3.05) is 24.6 Å². The van der Waals surface area contributed by atoms with E-state index in [1.807, 2.05) is 0 Å². The molecule has 2 fully saturated rings. The number of β-lactam (4-membered cyclic amide) rings is 1. The van der Waals surface area contributed by atoms with E-state index in [-0.39, 0.29) is 29.0 Å². The largest absolute Gasteiger partial charge is 0.481 e. The lowest BCUT2D eigenvalue weighted by atomic mass is 9.89. The van der Waals surface area contributed by atoms with E-state index in [9.17, 15) is 24.3 Å². The smallest absolute Gasteiger partial charge is 0.347 e. The van der Waals surface area contributed by atoms with E-state index < -0.39 is 52.8 Å². The molecule has 2 unspecified atom stereocenters. The summed E-state index contributed by atoms with van der Waals surface area (Å²) in [5.74, 6) is -2.74. The summed E-state index contributed by atoms with van der Waals surface area (Å²) in [6.07, 6.45) is 0. The molecule has 33 heavy (non-hydrogen) atoms. The summed E-state index contributed by atoms with van der Waals surface area (Å²) in [6, 6.07) is -0.882. The molecule has 0 spiro atoms. The van der Waals surface area contributed by atoms with Crippen molar-refractivity contribution >= 4 is 57.9 Å². The SMILES string of the molecule is CC(C)(C)OC(=O)CON=C(C(=O)NC1C(=O)N2CC(C)(C(=O)O)CS[C@H]12)c1nsc(N)n1. The second-order valence-electron chi connectivity index (χ2n) is 8.74. The number of thioether (sulfide) groups is 1. The van der Waals surface area contributed by atoms with Gasteiger partial charge in [-0.25, -0.2) is 4.79 Å². The third-order valence-corrected chi connectivity index (χ3v) is 6.88. The predicted octanol–water partition coefficient (Wildman–Crippen LogP) is -0.326. The molecule has 3 heterocycles. The Morgan fingerprint density at radius 2 is 2.09 bits per heavy atom.